The molecule has 1 amide bonds. The van der Waals surface area contributed by atoms with E-state index >= 15 is 0 Å². The molecule has 3 heterocycles. The van der Waals surface area contributed by atoms with Gasteiger partial charge in [0.25, 0.3) is 15.9 Å². The lowest BCUT2D eigenvalue weighted by Crippen LogP contribution is -2.48. The number of benzene rings is 3. The van der Waals surface area contributed by atoms with E-state index in [0.717, 1.165) is 47.8 Å². The van der Waals surface area contributed by atoms with E-state index < -0.39 is 10.0 Å². The summed E-state index contributed by atoms with van der Waals surface area (Å²) in [6.07, 6.45) is 0.574. The first-order valence-corrected chi connectivity index (χ1v) is 14.4. The monoisotopic (exact) mass is 533 g/mol. The van der Waals surface area contributed by atoms with Crippen LogP contribution in [0.4, 0.5) is 5.69 Å². The first-order chi connectivity index (χ1) is 18.3. The van der Waals surface area contributed by atoms with Gasteiger partial charge in [0.2, 0.25) is 6.79 Å². The van der Waals surface area contributed by atoms with Gasteiger partial charge in [-0.2, -0.15) is 0 Å². The molecular weight excluding hydrogens is 502 g/mol. The van der Waals surface area contributed by atoms with E-state index in [1.165, 1.54) is 4.31 Å². The number of hydrogen-bond acceptors (Lipinski definition) is 6. The van der Waals surface area contributed by atoms with Gasteiger partial charge < -0.3 is 14.4 Å². The van der Waals surface area contributed by atoms with Crippen LogP contribution in [0, 0.1) is 6.92 Å². The minimum absolute atomic E-state index is 0.0111. The smallest absolute Gasteiger partial charge is 0.264 e. The van der Waals surface area contributed by atoms with Gasteiger partial charge in [0.05, 0.1) is 10.6 Å². The van der Waals surface area contributed by atoms with Crippen LogP contribution >= 0.6 is 0 Å². The van der Waals surface area contributed by atoms with Gasteiger partial charge >= 0.3 is 0 Å². The standard InChI is InChI=1S/C29H31N3O5S/c1-20-3-7-25(8-4-20)38(34,35)32-21(2)15-24-17-23(6-9-26(24)32)29(33)31-13-11-30(12-14-31)18-22-5-10-27-28(16-22)37-19-36-27/h3-10,16-17,21H,11-15,18-19H2,1-2H3/t21-/m1/s1. The Morgan fingerprint density at radius 3 is 2.42 bits per heavy atom. The van der Waals surface area contributed by atoms with Crippen molar-refractivity contribution in [3.05, 3.63) is 82.9 Å². The zero-order valence-electron chi connectivity index (χ0n) is 21.6. The van der Waals surface area contributed by atoms with Crippen molar-refractivity contribution in [2.75, 3.05) is 37.3 Å². The fraction of sp³-hybridized carbons (Fsp3) is 0.345. The molecule has 9 heteroatoms. The van der Waals surface area contributed by atoms with Crippen molar-refractivity contribution in [3.63, 3.8) is 0 Å². The highest BCUT2D eigenvalue weighted by molar-refractivity contribution is 7.92. The van der Waals surface area contributed by atoms with Gasteiger partial charge in [-0.15, -0.1) is 0 Å². The Hall–Kier alpha value is -3.56. The number of piperazine rings is 1. The number of hydrogen-bond donors (Lipinski definition) is 0. The van der Waals surface area contributed by atoms with E-state index in [-0.39, 0.29) is 23.6 Å². The van der Waals surface area contributed by atoms with Crippen LogP contribution in [-0.2, 0) is 23.0 Å². The molecule has 3 aromatic carbocycles. The number of fused-ring (bicyclic) bond motifs is 2. The van der Waals surface area contributed by atoms with Crippen LogP contribution in [0.25, 0.3) is 0 Å². The lowest BCUT2D eigenvalue weighted by atomic mass is 10.1. The summed E-state index contributed by atoms with van der Waals surface area (Å²) in [5.41, 5.74) is 4.32. The minimum atomic E-state index is -3.69. The molecule has 1 saturated heterocycles. The second kappa shape index (κ2) is 9.63. The van der Waals surface area contributed by atoms with Gasteiger partial charge in [-0.25, -0.2) is 8.42 Å². The molecule has 0 bridgehead atoms. The Balaban J connectivity index is 1.12. The summed E-state index contributed by atoms with van der Waals surface area (Å²) >= 11 is 0. The highest BCUT2D eigenvalue weighted by atomic mass is 32.2. The van der Waals surface area contributed by atoms with Crippen molar-refractivity contribution in [2.24, 2.45) is 0 Å². The third-order valence-corrected chi connectivity index (χ3v) is 9.50. The highest BCUT2D eigenvalue weighted by Gasteiger charge is 2.36. The number of carbonyl (C=O) groups excluding carboxylic acids is 1. The van der Waals surface area contributed by atoms with Crippen molar-refractivity contribution in [3.8, 4) is 11.5 Å². The molecule has 3 aromatic rings. The first kappa shape index (κ1) is 24.8. The molecule has 0 saturated carbocycles. The zero-order chi connectivity index (χ0) is 26.4. The number of anilines is 1. The van der Waals surface area contributed by atoms with E-state index in [4.69, 9.17) is 9.47 Å². The molecule has 38 heavy (non-hydrogen) atoms. The van der Waals surface area contributed by atoms with Crippen LogP contribution in [-0.4, -0.2) is 63.1 Å². The summed E-state index contributed by atoms with van der Waals surface area (Å²) in [6, 6.07) is 18.1. The fourth-order valence-corrected chi connectivity index (χ4v) is 7.21. The summed E-state index contributed by atoms with van der Waals surface area (Å²) < 4.78 is 39.2. The van der Waals surface area contributed by atoms with Gasteiger partial charge in [0.15, 0.2) is 11.5 Å². The summed E-state index contributed by atoms with van der Waals surface area (Å²) in [7, 11) is -3.69. The Bertz CT molecular complexity index is 1480. The third kappa shape index (κ3) is 4.50. The molecule has 1 fully saturated rings. The van der Waals surface area contributed by atoms with Gasteiger partial charge in [-0.1, -0.05) is 23.8 Å². The Labute approximate surface area is 223 Å². The second-order valence-corrected chi connectivity index (χ2v) is 12.1. The van der Waals surface area contributed by atoms with Crippen LogP contribution in [0.5, 0.6) is 11.5 Å². The molecule has 3 aliphatic rings. The molecule has 0 radical (unpaired) electrons. The lowest BCUT2D eigenvalue weighted by Gasteiger charge is -2.35. The zero-order valence-corrected chi connectivity index (χ0v) is 22.4. The summed E-state index contributed by atoms with van der Waals surface area (Å²) in [5.74, 6) is 1.55. The average Bonchev–Trinajstić information content (AvgIpc) is 3.51. The molecule has 1 atom stereocenters. The number of sulfonamides is 1. The Morgan fingerprint density at radius 1 is 0.921 bits per heavy atom. The quantitative estimate of drug-likeness (QED) is 0.496. The maximum atomic E-state index is 13.4. The van der Waals surface area contributed by atoms with Crippen LogP contribution in [0.3, 0.4) is 0 Å². The Morgan fingerprint density at radius 2 is 1.66 bits per heavy atom. The predicted molar refractivity (Wildman–Crippen MR) is 144 cm³/mol. The average molecular weight is 534 g/mol. The van der Waals surface area contributed by atoms with Gasteiger partial charge in [0.1, 0.15) is 0 Å². The molecule has 198 valence electrons. The highest BCUT2D eigenvalue weighted by Crippen LogP contribution is 2.38. The molecule has 8 nitrogen and oxygen atoms in total. The SMILES string of the molecule is Cc1ccc(S(=O)(=O)N2c3ccc(C(=O)N4CCN(Cc5ccc6c(c5)OCO6)CC4)cc3C[C@H]2C)cc1. The number of carbonyl (C=O) groups is 1. The molecule has 6 rings (SSSR count). The number of aryl methyl sites for hydroxylation is 1. The van der Waals surface area contributed by atoms with Crippen molar-refractivity contribution in [1.82, 2.24) is 9.80 Å². The maximum Gasteiger partial charge on any atom is 0.264 e. The van der Waals surface area contributed by atoms with Crippen molar-refractivity contribution >= 4 is 21.6 Å². The van der Waals surface area contributed by atoms with Crippen LogP contribution in [0.15, 0.2) is 65.6 Å². The molecule has 0 spiro atoms. The molecule has 0 aliphatic carbocycles. The minimum Gasteiger partial charge on any atom is -0.454 e. The largest absolute Gasteiger partial charge is 0.454 e. The Kier molecular flexibility index (Phi) is 6.28. The number of ether oxygens (including phenoxy) is 2. The summed E-state index contributed by atoms with van der Waals surface area (Å²) in [4.78, 5) is 17.8. The van der Waals surface area contributed by atoms with Crippen molar-refractivity contribution < 1.29 is 22.7 Å². The van der Waals surface area contributed by atoms with Crippen LogP contribution in [0.2, 0.25) is 0 Å². The van der Waals surface area contributed by atoms with E-state index in [0.29, 0.717) is 30.8 Å². The second-order valence-electron chi connectivity index (χ2n) is 10.3. The molecule has 0 aromatic heterocycles. The van der Waals surface area contributed by atoms with Gasteiger partial charge in [-0.3, -0.25) is 14.0 Å². The number of rotatable bonds is 5. The van der Waals surface area contributed by atoms with Crippen LogP contribution < -0.4 is 13.8 Å². The predicted octanol–water partition coefficient (Wildman–Crippen LogP) is 3.82. The topological polar surface area (TPSA) is 79.4 Å². The molecular formula is C29H31N3O5S. The molecule has 0 unspecified atom stereocenters. The normalized spacial score (nSPS) is 19.1. The van der Waals surface area contributed by atoms with E-state index in [2.05, 4.69) is 11.0 Å². The summed E-state index contributed by atoms with van der Waals surface area (Å²) in [6.45, 7) is 7.75. The number of nitrogens with zero attached hydrogens (tertiary/aromatic N) is 3. The maximum absolute atomic E-state index is 13.4. The first-order valence-electron chi connectivity index (χ1n) is 12.9. The van der Waals surface area contributed by atoms with E-state index in [1.54, 1.807) is 24.3 Å². The summed E-state index contributed by atoms with van der Waals surface area (Å²) in [5, 5.41) is 0. The van der Waals surface area contributed by atoms with Gasteiger partial charge in [-0.05, 0) is 73.9 Å². The lowest BCUT2D eigenvalue weighted by molar-refractivity contribution is 0.0628. The van der Waals surface area contributed by atoms with Crippen LogP contribution in [0.1, 0.15) is 34.0 Å². The van der Waals surface area contributed by atoms with E-state index in [1.807, 2.05) is 49.1 Å². The van der Waals surface area contributed by atoms with Crippen molar-refractivity contribution in [1.29, 1.82) is 0 Å². The fourth-order valence-electron chi connectivity index (χ4n) is 5.51. The number of amides is 1. The van der Waals surface area contributed by atoms with Gasteiger partial charge in [0, 0.05) is 44.3 Å². The third-order valence-electron chi connectivity index (χ3n) is 7.56. The van der Waals surface area contributed by atoms with Crippen molar-refractivity contribution in [2.45, 2.75) is 37.8 Å². The molecule has 0 N–H and O–H groups in total. The molecule has 3 aliphatic heterocycles. The van der Waals surface area contributed by atoms with E-state index in [9.17, 15) is 13.2 Å².